The van der Waals surface area contributed by atoms with Gasteiger partial charge in [-0.3, -0.25) is 4.55 Å². The van der Waals surface area contributed by atoms with Gasteiger partial charge >= 0.3 is 0 Å². The molecule has 0 aromatic rings. The van der Waals surface area contributed by atoms with Crippen molar-refractivity contribution in [3.63, 3.8) is 0 Å². The van der Waals surface area contributed by atoms with Crippen LogP contribution in [0.3, 0.4) is 0 Å². The first kappa shape index (κ1) is 11.9. The lowest BCUT2D eigenvalue weighted by Crippen LogP contribution is -2.08. The summed E-state index contributed by atoms with van der Waals surface area (Å²) >= 11 is 0. The van der Waals surface area contributed by atoms with E-state index in [4.69, 9.17) is 4.55 Å². The van der Waals surface area contributed by atoms with Crippen molar-refractivity contribution in [3.8, 4) is 0 Å². The Morgan fingerprint density at radius 3 is 2.11 bits per heavy atom. The third-order valence-corrected chi connectivity index (χ3v) is 1.23. The summed E-state index contributed by atoms with van der Waals surface area (Å²) in [6.07, 6.45) is 0. The molecule has 0 aromatic carbocycles. The average molecular weight is 177 g/mol. The maximum absolute atomic E-state index is 9.87. The Kier molecular flexibility index (Phi) is 6.59. The predicted molar refractivity (Wildman–Crippen MR) is 35.5 cm³/mol. The standard InChI is InChI=1S/C3H8O4S.ClH/c1-7-2-3-8(4,5)6;/h2-3H2,1H3,(H,4,5,6);1H. The van der Waals surface area contributed by atoms with Crippen LogP contribution in [0.2, 0.25) is 0 Å². The molecular formula is C3H9ClO4S. The fourth-order valence-corrected chi connectivity index (χ4v) is 0.566. The van der Waals surface area contributed by atoms with Crippen LogP contribution in [0.4, 0.5) is 0 Å². The van der Waals surface area contributed by atoms with E-state index in [0.717, 1.165) is 0 Å². The van der Waals surface area contributed by atoms with Gasteiger partial charge in [0, 0.05) is 7.11 Å². The SMILES string of the molecule is COCCS(=O)(=O)O.Cl. The minimum absolute atomic E-state index is 0. The first-order valence-electron chi connectivity index (χ1n) is 2.00. The second kappa shape index (κ2) is 4.99. The lowest BCUT2D eigenvalue weighted by Gasteiger charge is -1.91. The number of hydrogen-bond acceptors (Lipinski definition) is 3. The van der Waals surface area contributed by atoms with Crippen LogP contribution in [0, 0.1) is 0 Å². The van der Waals surface area contributed by atoms with Crippen molar-refractivity contribution in [2.24, 2.45) is 0 Å². The van der Waals surface area contributed by atoms with E-state index in [0.29, 0.717) is 0 Å². The van der Waals surface area contributed by atoms with Gasteiger partial charge in [0.25, 0.3) is 10.1 Å². The van der Waals surface area contributed by atoms with Gasteiger partial charge in [0.2, 0.25) is 0 Å². The quantitative estimate of drug-likeness (QED) is 0.613. The Hall–Kier alpha value is 0.160. The van der Waals surface area contributed by atoms with E-state index in [9.17, 15) is 8.42 Å². The minimum Gasteiger partial charge on any atom is -0.384 e. The monoisotopic (exact) mass is 176 g/mol. The van der Waals surface area contributed by atoms with E-state index in [1.807, 2.05) is 0 Å². The summed E-state index contributed by atoms with van der Waals surface area (Å²) < 4.78 is 32.2. The number of hydrogen-bond donors (Lipinski definition) is 1. The van der Waals surface area contributed by atoms with Gasteiger partial charge in [-0.2, -0.15) is 8.42 Å². The second-order valence-electron chi connectivity index (χ2n) is 1.28. The molecule has 9 heavy (non-hydrogen) atoms. The van der Waals surface area contributed by atoms with Gasteiger partial charge in [-0.25, -0.2) is 0 Å². The van der Waals surface area contributed by atoms with Crippen molar-refractivity contribution in [2.75, 3.05) is 19.5 Å². The maximum Gasteiger partial charge on any atom is 0.267 e. The topological polar surface area (TPSA) is 63.6 Å². The smallest absolute Gasteiger partial charge is 0.267 e. The second-order valence-corrected chi connectivity index (χ2v) is 2.85. The number of rotatable bonds is 3. The molecule has 0 spiro atoms. The van der Waals surface area contributed by atoms with Crippen molar-refractivity contribution in [3.05, 3.63) is 0 Å². The Morgan fingerprint density at radius 1 is 1.56 bits per heavy atom. The van der Waals surface area contributed by atoms with Crippen molar-refractivity contribution in [1.29, 1.82) is 0 Å². The van der Waals surface area contributed by atoms with E-state index in [2.05, 4.69) is 4.74 Å². The van der Waals surface area contributed by atoms with Gasteiger partial charge in [0.1, 0.15) is 0 Å². The van der Waals surface area contributed by atoms with Crippen LogP contribution in [-0.2, 0) is 14.9 Å². The summed E-state index contributed by atoms with van der Waals surface area (Å²) in [6.45, 7) is 0.0405. The molecule has 0 fully saturated rings. The van der Waals surface area contributed by atoms with Crippen LogP contribution in [0.5, 0.6) is 0 Å². The van der Waals surface area contributed by atoms with Crippen molar-refractivity contribution in [2.45, 2.75) is 0 Å². The van der Waals surface area contributed by atoms with Crippen LogP contribution in [0.25, 0.3) is 0 Å². The average Bonchev–Trinajstić information content (AvgIpc) is 1.59. The van der Waals surface area contributed by atoms with E-state index in [-0.39, 0.29) is 24.8 Å². The fraction of sp³-hybridized carbons (Fsp3) is 1.00. The third-order valence-electron chi connectivity index (χ3n) is 0.545. The molecule has 0 rings (SSSR count). The molecule has 0 heterocycles. The highest BCUT2D eigenvalue weighted by molar-refractivity contribution is 7.85. The zero-order valence-corrected chi connectivity index (χ0v) is 6.54. The normalized spacial score (nSPS) is 10.4. The van der Waals surface area contributed by atoms with E-state index >= 15 is 0 Å². The Morgan fingerprint density at radius 2 is 2.00 bits per heavy atom. The first-order chi connectivity index (χ1) is 3.56. The van der Waals surface area contributed by atoms with E-state index in [1.165, 1.54) is 7.11 Å². The predicted octanol–water partition coefficient (Wildman–Crippen LogP) is -0.0576. The van der Waals surface area contributed by atoms with Gasteiger partial charge in [0.15, 0.2) is 0 Å². The number of ether oxygens (including phenoxy) is 1. The zero-order valence-electron chi connectivity index (χ0n) is 4.90. The summed E-state index contributed by atoms with van der Waals surface area (Å²) in [5, 5.41) is 0. The lowest BCUT2D eigenvalue weighted by molar-refractivity contribution is 0.215. The summed E-state index contributed by atoms with van der Waals surface area (Å²) in [5.41, 5.74) is 0. The van der Waals surface area contributed by atoms with Gasteiger partial charge in [-0.15, -0.1) is 12.4 Å². The Bertz CT molecular complexity index is 140. The van der Waals surface area contributed by atoms with Crippen molar-refractivity contribution < 1.29 is 17.7 Å². The molecule has 0 aliphatic rings. The summed E-state index contributed by atoms with van der Waals surface area (Å²) in [5.74, 6) is -0.330. The Labute approximate surface area is 60.4 Å². The van der Waals surface area contributed by atoms with Crippen LogP contribution in [0.1, 0.15) is 0 Å². The molecule has 4 nitrogen and oxygen atoms in total. The van der Waals surface area contributed by atoms with Gasteiger partial charge in [-0.1, -0.05) is 0 Å². The van der Waals surface area contributed by atoms with Crippen LogP contribution in [-0.4, -0.2) is 32.4 Å². The van der Waals surface area contributed by atoms with Gasteiger partial charge < -0.3 is 4.74 Å². The molecule has 0 saturated carbocycles. The molecule has 0 atom stereocenters. The highest BCUT2D eigenvalue weighted by Crippen LogP contribution is 1.79. The molecule has 0 radical (unpaired) electrons. The van der Waals surface area contributed by atoms with Gasteiger partial charge in [-0.05, 0) is 0 Å². The minimum atomic E-state index is -3.81. The molecule has 0 bridgehead atoms. The summed E-state index contributed by atoms with van der Waals surface area (Å²) in [6, 6.07) is 0. The molecule has 0 amide bonds. The summed E-state index contributed by atoms with van der Waals surface area (Å²) in [7, 11) is -2.45. The molecule has 1 N–H and O–H groups in total. The molecule has 0 saturated heterocycles. The highest BCUT2D eigenvalue weighted by Gasteiger charge is 2.00. The highest BCUT2D eigenvalue weighted by atomic mass is 35.5. The molecule has 0 aromatic heterocycles. The number of halogens is 1. The molecular weight excluding hydrogens is 168 g/mol. The lowest BCUT2D eigenvalue weighted by atomic mass is 10.9. The number of methoxy groups -OCH3 is 1. The van der Waals surface area contributed by atoms with Gasteiger partial charge in [0.05, 0.1) is 12.4 Å². The molecule has 6 heteroatoms. The van der Waals surface area contributed by atoms with Crippen molar-refractivity contribution in [1.82, 2.24) is 0 Å². The largest absolute Gasteiger partial charge is 0.384 e. The first-order valence-corrected chi connectivity index (χ1v) is 3.61. The molecule has 58 valence electrons. The van der Waals surface area contributed by atoms with E-state index in [1.54, 1.807) is 0 Å². The fourth-order valence-electron chi connectivity index (χ4n) is 0.189. The molecule has 0 aliphatic carbocycles. The van der Waals surface area contributed by atoms with Crippen LogP contribution >= 0.6 is 12.4 Å². The van der Waals surface area contributed by atoms with E-state index < -0.39 is 10.1 Å². The third kappa shape index (κ3) is 11.6. The molecule has 0 unspecified atom stereocenters. The maximum atomic E-state index is 9.87. The van der Waals surface area contributed by atoms with Crippen molar-refractivity contribution >= 4 is 22.5 Å². The summed E-state index contributed by atoms with van der Waals surface area (Å²) in [4.78, 5) is 0. The van der Waals surface area contributed by atoms with Crippen LogP contribution in [0.15, 0.2) is 0 Å². The molecule has 0 aliphatic heterocycles. The Balaban J connectivity index is 0. The van der Waals surface area contributed by atoms with Crippen LogP contribution < -0.4 is 0 Å². The zero-order chi connectivity index (χ0) is 6.62.